The number of aryl methyl sites for hydroxylation is 2. The minimum absolute atomic E-state index is 1.00. The molecule has 4 heteroatoms. The number of allylic oxidation sites excluding steroid dienone is 5. The highest BCUT2D eigenvalue weighted by Gasteiger charge is 2.29. The van der Waals surface area contributed by atoms with Gasteiger partial charge in [0.05, 0.1) is 44.9 Å². The van der Waals surface area contributed by atoms with E-state index in [1.165, 1.54) is 66.1 Å². The van der Waals surface area contributed by atoms with Crippen molar-refractivity contribution in [3.05, 3.63) is 260 Å². The largest absolute Gasteiger partial charge is 0.341 e. The minimum Gasteiger partial charge on any atom is -0.341 e. The number of aromatic nitrogens is 2. The van der Waals surface area contributed by atoms with Crippen molar-refractivity contribution in [3.8, 4) is 11.4 Å². The Morgan fingerprint density at radius 2 is 0.823 bits per heavy atom. The quantitative estimate of drug-likeness (QED) is 0.166. The highest BCUT2D eigenvalue weighted by molar-refractivity contribution is 6.10. The lowest BCUT2D eigenvalue weighted by atomic mass is 10.1. The third-order valence-corrected chi connectivity index (χ3v) is 11.4. The van der Waals surface area contributed by atoms with E-state index in [4.69, 9.17) is 0 Å². The van der Waals surface area contributed by atoms with Crippen molar-refractivity contribution >= 4 is 49.3 Å². The van der Waals surface area contributed by atoms with Gasteiger partial charge < -0.3 is 18.9 Å². The maximum Gasteiger partial charge on any atom is 0.0696 e. The van der Waals surface area contributed by atoms with Gasteiger partial charge in [-0.25, -0.2) is 0 Å². The molecule has 0 N–H and O–H groups in total. The van der Waals surface area contributed by atoms with Crippen LogP contribution < -0.4 is 4.90 Å². The summed E-state index contributed by atoms with van der Waals surface area (Å²) >= 11 is 0. The zero-order valence-electron chi connectivity index (χ0n) is 36.0. The first-order chi connectivity index (χ1) is 30.4. The fourth-order valence-corrected chi connectivity index (χ4v) is 8.62. The smallest absolute Gasteiger partial charge is 0.0696 e. The normalized spacial score (nSPS) is 13.9. The lowest BCUT2D eigenvalue weighted by molar-refractivity contribution is 0.518. The van der Waals surface area contributed by atoms with Crippen molar-refractivity contribution in [1.29, 1.82) is 0 Å². The van der Waals surface area contributed by atoms with E-state index in [2.05, 4.69) is 216 Å². The van der Waals surface area contributed by atoms with Crippen LogP contribution in [0.4, 0.5) is 5.69 Å². The molecule has 9 aromatic rings. The average Bonchev–Trinajstić information content (AvgIpc) is 3.82. The predicted molar refractivity (Wildman–Crippen MR) is 267 cm³/mol. The number of fused-ring (bicyclic) bond motifs is 6. The summed E-state index contributed by atoms with van der Waals surface area (Å²) in [6.45, 7) is 18.1. The average molecular weight is 805 g/mol. The Bertz CT molecular complexity index is 3000. The molecule has 0 unspecified atom stereocenters. The van der Waals surface area contributed by atoms with E-state index in [1.54, 1.807) is 0 Å². The van der Waals surface area contributed by atoms with Crippen molar-refractivity contribution in [1.82, 2.24) is 14.0 Å². The first-order valence-electron chi connectivity index (χ1n) is 21.1. The molecule has 304 valence electrons. The highest BCUT2D eigenvalue weighted by atomic mass is 15.3. The molecule has 0 saturated carbocycles. The molecule has 2 aromatic heterocycles. The number of hydrogen-bond acceptors (Lipinski definition) is 2. The maximum atomic E-state index is 3.99. The summed E-state index contributed by atoms with van der Waals surface area (Å²) < 4.78 is 4.67. The van der Waals surface area contributed by atoms with Gasteiger partial charge >= 0.3 is 0 Å². The summed E-state index contributed by atoms with van der Waals surface area (Å²) in [7, 11) is 2.04. The van der Waals surface area contributed by atoms with Gasteiger partial charge in [0.1, 0.15) is 0 Å². The van der Waals surface area contributed by atoms with Crippen molar-refractivity contribution in [2.75, 3.05) is 11.9 Å². The number of rotatable bonds is 6. The monoisotopic (exact) mass is 804 g/mol. The molecular weight excluding hydrogens is 753 g/mol. The molecule has 0 bridgehead atoms. The van der Waals surface area contributed by atoms with E-state index in [0.717, 1.165) is 28.5 Å². The number of hydrogen-bond donors (Lipinski definition) is 0. The zero-order chi connectivity index (χ0) is 43.2. The van der Waals surface area contributed by atoms with Crippen molar-refractivity contribution in [2.24, 2.45) is 0 Å². The molecule has 7 aromatic carbocycles. The van der Waals surface area contributed by atoms with Gasteiger partial charge in [-0.3, -0.25) is 0 Å². The molecule has 0 spiro atoms. The topological polar surface area (TPSA) is 16.3 Å². The van der Waals surface area contributed by atoms with E-state index in [0.29, 0.717) is 0 Å². The Labute approximate surface area is 365 Å². The lowest BCUT2D eigenvalue weighted by Crippen LogP contribution is -2.36. The van der Waals surface area contributed by atoms with Crippen LogP contribution >= 0.6 is 0 Å². The fraction of sp³-hybridized carbons (Fsp3) is 0.0690. The summed E-state index contributed by atoms with van der Waals surface area (Å²) in [4.78, 5) is 4.31. The Hall–Kier alpha value is -7.82. The van der Waals surface area contributed by atoms with Crippen molar-refractivity contribution in [3.63, 3.8) is 0 Å². The molecule has 62 heavy (non-hydrogen) atoms. The number of para-hydroxylation sites is 5. The van der Waals surface area contributed by atoms with E-state index in [-0.39, 0.29) is 0 Å². The second kappa shape index (κ2) is 18.2. The van der Waals surface area contributed by atoms with Gasteiger partial charge in [0.25, 0.3) is 0 Å². The number of nitrogens with zero attached hydrogens (tertiary/aromatic N) is 4. The van der Waals surface area contributed by atoms with Gasteiger partial charge in [-0.15, -0.1) is 0 Å². The van der Waals surface area contributed by atoms with E-state index in [1.807, 2.05) is 56.5 Å². The fourth-order valence-electron chi connectivity index (χ4n) is 8.62. The Kier molecular flexibility index (Phi) is 12.0. The number of benzene rings is 7. The summed E-state index contributed by atoms with van der Waals surface area (Å²) in [5, 5.41) is 5.28. The van der Waals surface area contributed by atoms with Gasteiger partial charge in [0.2, 0.25) is 0 Å². The Balaban J connectivity index is 0.000000128. The highest BCUT2D eigenvalue weighted by Crippen LogP contribution is 2.38. The van der Waals surface area contributed by atoms with Crippen molar-refractivity contribution < 1.29 is 0 Å². The standard InChI is InChI=1S/C20H22N2.2C19H15N/c1-6-13-20-18(8-3)21(5)17(7-2)19(9-4)22(20)16-14-11-10-12-15-16;2*1-14-11-12-19-17(13-14)16-9-5-6-10-18(16)20(19)15-7-3-2-4-8-15/h6-15H,1-2,4H2,3,5H3;2*2-13H,1H3/b18-8+,20-13+;;. The third kappa shape index (κ3) is 7.71. The summed E-state index contributed by atoms with van der Waals surface area (Å²) in [5.41, 5.74) is 15.3. The van der Waals surface area contributed by atoms with Gasteiger partial charge in [0.15, 0.2) is 0 Å². The van der Waals surface area contributed by atoms with Crippen LogP contribution in [0.3, 0.4) is 0 Å². The molecular formula is C58H52N4. The molecule has 0 aliphatic carbocycles. The van der Waals surface area contributed by atoms with Gasteiger partial charge in [-0.2, -0.15) is 0 Å². The molecule has 1 aliphatic heterocycles. The summed E-state index contributed by atoms with van der Waals surface area (Å²) in [6, 6.07) is 61.9. The third-order valence-electron chi connectivity index (χ3n) is 11.4. The molecule has 0 saturated heterocycles. The second-order valence-corrected chi connectivity index (χ2v) is 15.3. The molecule has 0 fully saturated rings. The lowest BCUT2D eigenvalue weighted by Gasteiger charge is -2.41. The SMILES string of the molecule is C=C/C=C1\C(=C/C)N(C)C(C=C)=C(C=C)N1c1ccccc1.Cc1ccc2c(c1)c1ccccc1n2-c1ccccc1.Cc1ccc2c(c1)c1ccccc1n2-c1ccccc1. The molecule has 1 aliphatic rings. The van der Waals surface area contributed by atoms with Crippen LogP contribution in [0.1, 0.15) is 18.1 Å². The predicted octanol–water partition coefficient (Wildman–Crippen LogP) is 15.2. The molecule has 0 atom stereocenters. The Morgan fingerprint density at radius 1 is 0.419 bits per heavy atom. The van der Waals surface area contributed by atoms with Gasteiger partial charge in [-0.1, -0.05) is 146 Å². The van der Waals surface area contributed by atoms with Gasteiger partial charge in [-0.05, 0) is 112 Å². The molecule has 0 radical (unpaired) electrons. The summed E-state index contributed by atoms with van der Waals surface area (Å²) in [5.74, 6) is 0. The van der Waals surface area contributed by atoms with E-state index >= 15 is 0 Å². The van der Waals surface area contributed by atoms with E-state index in [9.17, 15) is 0 Å². The van der Waals surface area contributed by atoms with Gasteiger partial charge in [0, 0.05) is 45.7 Å². The number of likely N-dealkylation sites (N-methyl/N-ethyl adjacent to an activating group) is 1. The number of anilines is 1. The van der Waals surface area contributed by atoms with Crippen molar-refractivity contribution in [2.45, 2.75) is 20.8 Å². The van der Waals surface area contributed by atoms with E-state index < -0.39 is 0 Å². The van der Waals surface area contributed by atoms with Crippen LogP contribution in [0.2, 0.25) is 0 Å². The van der Waals surface area contributed by atoms with Crippen LogP contribution in [-0.4, -0.2) is 21.1 Å². The second-order valence-electron chi connectivity index (χ2n) is 15.3. The Morgan fingerprint density at radius 3 is 1.24 bits per heavy atom. The zero-order valence-corrected chi connectivity index (χ0v) is 36.0. The van der Waals surface area contributed by atoms with Crippen LogP contribution in [0.5, 0.6) is 0 Å². The van der Waals surface area contributed by atoms with Crippen LogP contribution in [0.15, 0.2) is 249 Å². The molecule has 0 amide bonds. The molecule has 4 nitrogen and oxygen atoms in total. The van der Waals surface area contributed by atoms with Crippen LogP contribution in [-0.2, 0) is 0 Å². The first-order valence-corrected chi connectivity index (χ1v) is 21.1. The summed E-state index contributed by atoms with van der Waals surface area (Å²) in [6.07, 6.45) is 9.64. The molecule has 3 heterocycles. The minimum atomic E-state index is 1.00. The maximum absolute atomic E-state index is 3.99. The first kappa shape index (κ1) is 40.9. The molecule has 10 rings (SSSR count). The van der Waals surface area contributed by atoms with Crippen LogP contribution in [0, 0.1) is 13.8 Å². The van der Waals surface area contributed by atoms with Crippen LogP contribution in [0.25, 0.3) is 55.0 Å².